The highest BCUT2D eigenvalue weighted by atomic mass is 79.9. The van der Waals surface area contributed by atoms with Gasteiger partial charge >= 0.3 is 0 Å². The maximum Gasteiger partial charge on any atom is 0.0738 e. The summed E-state index contributed by atoms with van der Waals surface area (Å²) in [5.41, 5.74) is 8.77. The highest BCUT2D eigenvalue weighted by Gasteiger charge is 2.38. The molecule has 1 saturated carbocycles. The van der Waals surface area contributed by atoms with E-state index in [1.807, 2.05) is 18.7 Å². The molecule has 2 atom stereocenters. The minimum Gasteiger partial charge on any atom is -0.330 e. The Morgan fingerprint density at radius 2 is 2.28 bits per heavy atom. The van der Waals surface area contributed by atoms with Crippen LogP contribution < -0.4 is 5.73 Å². The lowest BCUT2D eigenvalue weighted by Gasteiger charge is -2.28. The molecule has 0 aromatic carbocycles. The topological polar surface area (TPSA) is 43.8 Å². The molecule has 1 aromatic rings. The monoisotopic (exact) mass is 313 g/mol. The largest absolute Gasteiger partial charge is 0.330 e. The van der Waals surface area contributed by atoms with Crippen molar-refractivity contribution in [1.82, 2.24) is 9.78 Å². The van der Waals surface area contributed by atoms with Gasteiger partial charge in [0, 0.05) is 7.05 Å². The Balaban J connectivity index is 2.21. The first-order chi connectivity index (χ1) is 8.51. The van der Waals surface area contributed by atoms with Gasteiger partial charge in [-0.2, -0.15) is 5.10 Å². The molecule has 0 spiro atoms. The van der Waals surface area contributed by atoms with Gasteiger partial charge in [0.1, 0.15) is 0 Å². The molecule has 102 valence electrons. The van der Waals surface area contributed by atoms with Gasteiger partial charge in [-0.3, -0.25) is 4.68 Å². The molecule has 2 rings (SSSR count). The zero-order valence-corrected chi connectivity index (χ0v) is 13.3. The van der Waals surface area contributed by atoms with E-state index in [4.69, 9.17) is 5.73 Å². The average molecular weight is 314 g/mol. The van der Waals surface area contributed by atoms with Crippen LogP contribution in [0.15, 0.2) is 4.47 Å². The Morgan fingerprint density at radius 3 is 2.72 bits per heavy atom. The number of halogens is 1. The van der Waals surface area contributed by atoms with Crippen LogP contribution in [0.1, 0.15) is 44.0 Å². The molecule has 2 N–H and O–H groups in total. The molecule has 0 radical (unpaired) electrons. The van der Waals surface area contributed by atoms with Crippen LogP contribution >= 0.6 is 15.9 Å². The summed E-state index contributed by atoms with van der Waals surface area (Å²) in [5.74, 6) is 0.863. The van der Waals surface area contributed by atoms with Crippen LogP contribution in [0.25, 0.3) is 0 Å². The van der Waals surface area contributed by atoms with E-state index < -0.39 is 0 Å². The Morgan fingerprint density at radius 1 is 1.56 bits per heavy atom. The number of nitrogens with zero attached hydrogens (tertiary/aromatic N) is 2. The van der Waals surface area contributed by atoms with Crippen LogP contribution in [0.2, 0.25) is 0 Å². The van der Waals surface area contributed by atoms with Gasteiger partial charge in [0.2, 0.25) is 0 Å². The predicted molar refractivity (Wildman–Crippen MR) is 78.5 cm³/mol. The molecule has 2 unspecified atom stereocenters. The Bertz CT molecular complexity index is 427. The highest BCUT2D eigenvalue weighted by molar-refractivity contribution is 9.10. The fourth-order valence-electron chi connectivity index (χ4n) is 3.32. The lowest BCUT2D eigenvalue weighted by molar-refractivity contribution is 0.283. The molecule has 18 heavy (non-hydrogen) atoms. The van der Waals surface area contributed by atoms with Gasteiger partial charge < -0.3 is 5.73 Å². The second-order valence-corrected chi connectivity index (χ2v) is 6.66. The van der Waals surface area contributed by atoms with Crippen molar-refractivity contribution >= 4 is 15.9 Å². The molecule has 3 nitrogen and oxygen atoms in total. The summed E-state index contributed by atoms with van der Waals surface area (Å²) in [6.45, 7) is 5.13. The number of aromatic nitrogens is 2. The molecular formula is C14H24BrN3. The molecule has 0 aliphatic heterocycles. The third-order valence-corrected chi connectivity index (χ3v) is 5.65. The molecule has 1 heterocycles. The van der Waals surface area contributed by atoms with Crippen molar-refractivity contribution in [3.63, 3.8) is 0 Å². The van der Waals surface area contributed by atoms with E-state index in [0.29, 0.717) is 5.41 Å². The molecule has 0 bridgehead atoms. The second kappa shape index (κ2) is 5.33. The van der Waals surface area contributed by atoms with Crippen molar-refractivity contribution in [2.75, 3.05) is 6.54 Å². The summed E-state index contributed by atoms with van der Waals surface area (Å²) in [7, 11) is 2.03. The van der Waals surface area contributed by atoms with Crippen molar-refractivity contribution < 1.29 is 0 Å². The summed E-state index contributed by atoms with van der Waals surface area (Å²) in [6, 6.07) is 0. The van der Waals surface area contributed by atoms with Gasteiger partial charge in [0.25, 0.3) is 0 Å². The maximum atomic E-state index is 6.10. The molecule has 1 fully saturated rings. The van der Waals surface area contributed by atoms with Crippen LogP contribution in [-0.2, 0) is 13.5 Å². The number of rotatable bonds is 4. The number of hydrogen-bond acceptors (Lipinski definition) is 2. The van der Waals surface area contributed by atoms with Crippen molar-refractivity contribution in [2.24, 2.45) is 24.1 Å². The maximum absolute atomic E-state index is 6.10. The standard InChI is InChI=1S/C14H24BrN3/c1-4-11-5-6-14(7-11,9-16)8-12-13(15)10(2)17-18(12)3/h11H,4-9,16H2,1-3H3. The molecule has 1 aliphatic rings. The first-order valence-electron chi connectivity index (χ1n) is 6.89. The van der Waals surface area contributed by atoms with Crippen LogP contribution in [0.4, 0.5) is 0 Å². The van der Waals surface area contributed by atoms with Gasteiger partial charge in [0.15, 0.2) is 0 Å². The van der Waals surface area contributed by atoms with Crippen molar-refractivity contribution in [3.8, 4) is 0 Å². The molecule has 4 heteroatoms. The third kappa shape index (κ3) is 2.50. The van der Waals surface area contributed by atoms with E-state index >= 15 is 0 Å². The second-order valence-electron chi connectivity index (χ2n) is 5.87. The van der Waals surface area contributed by atoms with E-state index in [1.54, 1.807) is 0 Å². The first-order valence-corrected chi connectivity index (χ1v) is 7.68. The summed E-state index contributed by atoms with van der Waals surface area (Å²) < 4.78 is 3.17. The summed E-state index contributed by atoms with van der Waals surface area (Å²) >= 11 is 3.67. The summed E-state index contributed by atoms with van der Waals surface area (Å²) in [4.78, 5) is 0. The lowest BCUT2D eigenvalue weighted by atomic mass is 9.80. The molecular weight excluding hydrogens is 290 g/mol. The van der Waals surface area contributed by atoms with Crippen LogP contribution in [0.3, 0.4) is 0 Å². The predicted octanol–water partition coefficient (Wildman–Crippen LogP) is 3.19. The van der Waals surface area contributed by atoms with Crippen molar-refractivity contribution in [3.05, 3.63) is 15.9 Å². The third-order valence-electron chi connectivity index (χ3n) is 4.62. The summed E-state index contributed by atoms with van der Waals surface area (Å²) in [6.07, 6.45) is 6.21. The van der Waals surface area contributed by atoms with E-state index in [0.717, 1.165) is 29.1 Å². The fourth-order valence-corrected chi connectivity index (χ4v) is 3.80. The minimum absolute atomic E-state index is 0.295. The van der Waals surface area contributed by atoms with Gasteiger partial charge in [-0.05, 0) is 66.4 Å². The lowest BCUT2D eigenvalue weighted by Crippen LogP contribution is -2.31. The van der Waals surface area contributed by atoms with E-state index in [-0.39, 0.29) is 0 Å². The quantitative estimate of drug-likeness (QED) is 0.927. The summed E-state index contributed by atoms with van der Waals surface area (Å²) in [5, 5.41) is 4.49. The Labute approximate surface area is 118 Å². The van der Waals surface area contributed by atoms with Crippen molar-refractivity contribution in [2.45, 2.75) is 46.0 Å². The Kier molecular flexibility index (Phi) is 4.17. The average Bonchev–Trinajstić information content (AvgIpc) is 2.88. The zero-order valence-electron chi connectivity index (χ0n) is 11.7. The highest BCUT2D eigenvalue weighted by Crippen LogP contribution is 2.45. The molecule has 1 aliphatic carbocycles. The fraction of sp³-hybridized carbons (Fsp3) is 0.786. The van der Waals surface area contributed by atoms with Gasteiger partial charge in [0.05, 0.1) is 15.9 Å². The molecule has 1 aromatic heterocycles. The number of nitrogens with two attached hydrogens (primary N) is 1. The van der Waals surface area contributed by atoms with E-state index in [9.17, 15) is 0 Å². The van der Waals surface area contributed by atoms with E-state index in [2.05, 4.69) is 28.0 Å². The van der Waals surface area contributed by atoms with Gasteiger partial charge in [-0.15, -0.1) is 0 Å². The SMILES string of the molecule is CCC1CCC(CN)(Cc2c(Br)c(C)nn2C)C1. The zero-order chi connectivity index (χ0) is 13.3. The van der Waals surface area contributed by atoms with Crippen LogP contribution in [-0.4, -0.2) is 16.3 Å². The van der Waals surface area contributed by atoms with Crippen molar-refractivity contribution in [1.29, 1.82) is 0 Å². The smallest absolute Gasteiger partial charge is 0.0738 e. The van der Waals surface area contributed by atoms with Crippen LogP contribution in [0.5, 0.6) is 0 Å². The molecule has 0 amide bonds. The Hall–Kier alpha value is -0.350. The van der Waals surface area contributed by atoms with Gasteiger partial charge in [-0.1, -0.05) is 13.3 Å². The number of aryl methyl sites for hydroxylation is 2. The number of hydrogen-bond donors (Lipinski definition) is 1. The molecule has 0 saturated heterocycles. The van der Waals surface area contributed by atoms with Crippen LogP contribution in [0, 0.1) is 18.3 Å². The minimum atomic E-state index is 0.295. The van der Waals surface area contributed by atoms with E-state index in [1.165, 1.54) is 31.4 Å². The van der Waals surface area contributed by atoms with Gasteiger partial charge in [-0.25, -0.2) is 0 Å². The first kappa shape index (κ1) is 14.1. The normalized spacial score (nSPS) is 27.9.